The molecule has 5 rings (SSSR count). The van der Waals surface area contributed by atoms with Crippen LogP contribution in [0.15, 0.2) is 30.3 Å². The van der Waals surface area contributed by atoms with E-state index in [1.165, 1.54) is 23.7 Å². The first-order chi connectivity index (χ1) is 11.8. The van der Waals surface area contributed by atoms with Gasteiger partial charge in [0.15, 0.2) is 5.82 Å². The number of benzene rings is 1. The van der Waals surface area contributed by atoms with E-state index in [2.05, 4.69) is 45.2 Å². The Hall–Kier alpha value is -2.60. The zero-order valence-electron chi connectivity index (χ0n) is 13.3. The minimum atomic E-state index is 0.497. The highest BCUT2D eigenvalue weighted by Crippen LogP contribution is 2.42. The lowest BCUT2D eigenvalue weighted by Gasteiger charge is -2.12. The Labute approximate surface area is 139 Å². The fourth-order valence-electron chi connectivity index (χ4n) is 3.39. The molecule has 1 saturated carbocycles. The van der Waals surface area contributed by atoms with Crippen LogP contribution >= 0.6 is 0 Å². The summed E-state index contributed by atoms with van der Waals surface area (Å²) in [4.78, 5) is 9.29. The van der Waals surface area contributed by atoms with Gasteiger partial charge in [-0.15, -0.1) is 0 Å². The largest absolute Gasteiger partial charge is 0.476 e. The summed E-state index contributed by atoms with van der Waals surface area (Å²) in [6, 6.07) is 11.1. The first-order valence-electron chi connectivity index (χ1n) is 8.41. The SMILES string of the molecule is Nc1nc(-c2cc3ccccc3n2C2CC2)nc2c1CNCCO2. The van der Waals surface area contributed by atoms with Gasteiger partial charge in [-0.05, 0) is 25.0 Å². The van der Waals surface area contributed by atoms with E-state index in [9.17, 15) is 0 Å². The lowest BCUT2D eigenvalue weighted by molar-refractivity contribution is 0.314. The van der Waals surface area contributed by atoms with E-state index in [0.717, 1.165) is 17.8 Å². The molecule has 0 atom stereocenters. The van der Waals surface area contributed by atoms with Crippen LogP contribution < -0.4 is 15.8 Å². The summed E-state index contributed by atoms with van der Waals surface area (Å²) in [7, 11) is 0. The van der Waals surface area contributed by atoms with Crippen molar-refractivity contribution in [2.75, 3.05) is 18.9 Å². The number of anilines is 1. The molecule has 0 bridgehead atoms. The minimum Gasteiger partial charge on any atom is -0.476 e. The number of nitrogens with two attached hydrogens (primary N) is 1. The van der Waals surface area contributed by atoms with E-state index < -0.39 is 0 Å². The van der Waals surface area contributed by atoms with Gasteiger partial charge in [0.05, 0.1) is 11.3 Å². The molecule has 1 aliphatic carbocycles. The lowest BCUT2D eigenvalue weighted by atomic mass is 10.2. The second kappa shape index (κ2) is 5.21. The van der Waals surface area contributed by atoms with E-state index in [4.69, 9.17) is 15.5 Å². The molecule has 0 spiro atoms. The normalized spacial score (nSPS) is 17.3. The van der Waals surface area contributed by atoms with Crippen LogP contribution in [-0.4, -0.2) is 27.7 Å². The fraction of sp³-hybridized carbons (Fsp3) is 0.333. The molecular formula is C18H19N5O. The second-order valence-electron chi connectivity index (χ2n) is 6.43. The molecule has 0 amide bonds. The molecule has 2 aliphatic rings. The summed E-state index contributed by atoms with van der Waals surface area (Å²) in [5, 5.41) is 4.48. The van der Waals surface area contributed by atoms with Crippen LogP contribution in [0, 0.1) is 0 Å². The maximum Gasteiger partial charge on any atom is 0.223 e. The standard InChI is InChI=1S/C18H19N5O/c19-16-13-10-20-7-8-24-18(13)22-17(21-16)15-9-11-3-1-2-4-14(11)23(15)12-5-6-12/h1-4,9,12,20H,5-8,10H2,(H2,19,21,22). The van der Waals surface area contributed by atoms with Crippen LogP contribution in [0.5, 0.6) is 5.88 Å². The summed E-state index contributed by atoms with van der Waals surface area (Å²) >= 11 is 0. The molecule has 0 saturated heterocycles. The van der Waals surface area contributed by atoms with E-state index in [0.29, 0.717) is 36.7 Å². The highest BCUT2D eigenvalue weighted by Gasteiger charge is 2.29. The molecule has 1 aliphatic heterocycles. The number of nitrogens with one attached hydrogen (secondary N) is 1. The highest BCUT2D eigenvalue weighted by atomic mass is 16.5. The van der Waals surface area contributed by atoms with Crippen LogP contribution in [0.1, 0.15) is 24.4 Å². The van der Waals surface area contributed by atoms with Crippen molar-refractivity contribution in [3.63, 3.8) is 0 Å². The van der Waals surface area contributed by atoms with Crippen LogP contribution in [0.25, 0.3) is 22.4 Å². The molecule has 3 heterocycles. The molecule has 1 fully saturated rings. The van der Waals surface area contributed by atoms with E-state index in [1.807, 2.05) is 0 Å². The summed E-state index contributed by atoms with van der Waals surface area (Å²) in [5.41, 5.74) is 9.31. The Balaban J connectivity index is 1.72. The number of hydrogen-bond acceptors (Lipinski definition) is 5. The van der Waals surface area contributed by atoms with Gasteiger partial charge in [-0.25, -0.2) is 4.98 Å². The minimum absolute atomic E-state index is 0.497. The van der Waals surface area contributed by atoms with Crippen molar-refractivity contribution in [3.8, 4) is 17.4 Å². The van der Waals surface area contributed by atoms with Crippen LogP contribution in [-0.2, 0) is 6.54 Å². The first kappa shape index (κ1) is 13.8. The molecule has 1 aromatic carbocycles. The van der Waals surface area contributed by atoms with Crippen molar-refractivity contribution >= 4 is 16.7 Å². The molecule has 3 aromatic rings. The predicted molar refractivity (Wildman–Crippen MR) is 92.8 cm³/mol. The summed E-state index contributed by atoms with van der Waals surface area (Å²) in [6.07, 6.45) is 2.40. The molecule has 24 heavy (non-hydrogen) atoms. The monoisotopic (exact) mass is 321 g/mol. The second-order valence-corrected chi connectivity index (χ2v) is 6.43. The van der Waals surface area contributed by atoms with Gasteiger partial charge in [-0.3, -0.25) is 0 Å². The summed E-state index contributed by atoms with van der Waals surface area (Å²) in [5.74, 6) is 1.75. The van der Waals surface area contributed by atoms with Crippen molar-refractivity contribution in [2.24, 2.45) is 0 Å². The first-order valence-corrected chi connectivity index (χ1v) is 8.41. The maximum absolute atomic E-state index is 6.20. The summed E-state index contributed by atoms with van der Waals surface area (Å²) in [6.45, 7) is 2.02. The van der Waals surface area contributed by atoms with E-state index in [1.54, 1.807) is 0 Å². The molecule has 6 heteroatoms. The zero-order valence-corrected chi connectivity index (χ0v) is 13.3. The van der Waals surface area contributed by atoms with Gasteiger partial charge in [-0.1, -0.05) is 18.2 Å². The number of fused-ring (bicyclic) bond motifs is 2. The Morgan fingerprint density at radius 2 is 2.08 bits per heavy atom. The van der Waals surface area contributed by atoms with Gasteiger partial charge < -0.3 is 20.4 Å². The highest BCUT2D eigenvalue weighted by molar-refractivity contribution is 5.86. The zero-order chi connectivity index (χ0) is 16.1. The third-order valence-electron chi connectivity index (χ3n) is 4.71. The number of aromatic nitrogens is 3. The van der Waals surface area contributed by atoms with Crippen LogP contribution in [0.2, 0.25) is 0 Å². The quantitative estimate of drug-likeness (QED) is 0.758. The van der Waals surface area contributed by atoms with Crippen LogP contribution in [0.3, 0.4) is 0 Å². The third kappa shape index (κ3) is 2.14. The van der Waals surface area contributed by atoms with Crippen molar-refractivity contribution in [3.05, 3.63) is 35.9 Å². The van der Waals surface area contributed by atoms with E-state index >= 15 is 0 Å². The Kier molecular flexibility index (Phi) is 2.99. The Bertz CT molecular complexity index is 929. The third-order valence-corrected chi connectivity index (χ3v) is 4.71. The molecular weight excluding hydrogens is 302 g/mol. The average Bonchev–Trinajstić information content (AvgIpc) is 3.39. The van der Waals surface area contributed by atoms with Gasteiger partial charge in [-0.2, -0.15) is 4.98 Å². The topological polar surface area (TPSA) is 78.0 Å². The lowest BCUT2D eigenvalue weighted by Crippen LogP contribution is -2.16. The number of nitrogens with zero attached hydrogens (tertiary/aromatic N) is 3. The number of nitrogen functional groups attached to an aromatic ring is 1. The van der Waals surface area contributed by atoms with Crippen molar-refractivity contribution in [2.45, 2.75) is 25.4 Å². The maximum atomic E-state index is 6.20. The fourth-order valence-corrected chi connectivity index (χ4v) is 3.39. The number of hydrogen-bond donors (Lipinski definition) is 2. The molecule has 0 unspecified atom stereocenters. The Morgan fingerprint density at radius 3 is 2.96 bits per heavy atom. The molecule has 122 valence electrons. The number of ether oxygens (including phenoxy) is 1. The molecule has 0 radical (unpaired) electrons. The van der Waals surface area contributed by atoms with Gasteiger partial charge in [0.25, 0.3) is 0 Å². The molecule has 6 nitrogen and oxygen atoms in total. The average molecular weight is 321 g/mol. The van der Waals surface area contributed by atoms with Crippen LogP contribution in [0.4, 0.5) is 5.82 Å². The number of para-hydroxylation sites is 1. The smallest absolute Gasteiger partial charge is 0.223 e. The predicted octanol–water partition coefficient (Wildman–Crippen LogP) is 2.50. The van der Waals surface area contributed by atoms with Gasteiger partial charge in [0, 0.05) is 30.0 Å². The van der Waals surface area contributed by atoms with E-state index in [-0.39, 0.29) is 0 Å². The van der Waals surface area contributed by atoms with Gasteiger partial charge in [0.2, 0.25) is 5.88 Å². The Morgan fingerprint density at radius 1 is 1.21 bits per heavy atom. The van der Waals surface area contributed by atoms with Gasteiger partial charge >= 0.3 is 0 Å². The number of rotatable bonds is 2. The van der Waals surface area contributed by atoms with Crippen molar-refractivity contribution < 1.29 is 4.74 Å². The van der Waals surface area contributed by atoms with Crippen molar-refractivity contribution in [1.29, 1.82) is 0 Å². The molecule has 3 N–H and O–H groups in total. The van der Waals surface area contributed by atoms with Gasteiger partial charge in [0.1, 0.15) is 12.4 Å². The molecule has 2 aromatic heterocycles. The summed E-state index contributed by atoms with van der Waals surface area (Å²) < 4.78 is 8.13. The van der Waals surface area contributed by atoms with Crippen molar-refractivity contribution in [1.82, 2.24) is 19.9 Å².